The third kappa shape index (κ3) is 5.48. The number of aromatic nitrogens is 2. The monoisotopic (exact) mass is 405 g/mol. The number of halogens is 1. The molecule has 2 heterocycles. The standard InChI is InChI=1S/C15H27N5.HI/c1-12-7-13(2)10-19(9-12)15(16-4)17-5-6-20-11-14(3)8-18-20;/h8,11-13H,5-7,9-10H2,1-4H3,(H,16,17);1H. The van der Waals surface area contributed by atoms with Crippen LogP contribution in [0.5, 0.6) is 0 Å². The van der Waals surface area contributed by atoms with E-state index in [1.807, 2.05) is 17.9 Å². The Morgan fingerprint density at radius 2 is 2.05 bits per heavy atom. The van der Waals surface area contributed by atoms with Crippen molar-refractivity contribution in [3.63, 3.8) is 0 Å². The van der Waals surface area contributed by atoms with E-state index in [2.05, 4.69) is 47.3 Å². The van der Waals surface area contributed by atoms with Crippen LogP contribution in [0.3, 0.4) is 0 Å². The first-order valence-electron chi connectivity index (χ1n) is 7.53. The molecule has 0 aromatic carbocycles. The van der Waals surface area contributed by atoms with Crippen molar-refractivity contribution in [1.29, 1.82) is 0 Å². The summed E-state index contributed by atoms with van der Waals surface area (Å²) in [6.07, 6.45) is 5.28. The largest absolute Gasteiger partial charge is 0.354 e. The highest BCUT2D eigenvalue weighted by molar-refractivity contribution is 14.0. The topological polar surface area (TPSA) is 45.5 Å². The normalized spacial score (nSPS) is 22.9. The minimum atomic E-state index is 0. The second-order valence-electron chi connectivity index (χ2n) is 6.11. The van der Waals surface area contributed by atoms with Crippen LogP contribution in [0, 0.1) is 18.8 Å². The quantitative estimate of drug-likeness (QED) is 0.477. The summed E-state index contributed by atoms with van der Waals surface area (Å²) < 4.78 is 1.97. The Morgan fingerprint density at radius 1 is 1.38 bits per heavy atom. The molecule has 0 amide bonds. The predicted octanol–water partition coefficient (Wildman–Crippen LogP) is 2.36. The van der Waals surface area contributed by atoms with E-state index in [1.54, 1.807) is 0 Å². The van der Waals surface area contributed by atoms with Gasteiger partial charge < -0.3 is 10.2 Å². The molecule has 1 aromatic heterocycles. The molecule has 1 aliphatic heterocycles. The van der Waals surface area contributed by atoms with Crippen molar-refractivity contribution in [3.05, 3.63) is 18.0 Å². The first kappa shape index (κ1) is 18.3. The Balaban J connectivity index is 0.00000220. The number of guanidine groups is 1. The van der Waals surface area contributed by atoms with Crippen molar-refractivity contribution in [2.75, 3.05) is 26.7 Å². The third-order valence-corrected chi connectivity index (χ3v) is 3.77. The van der Waals surface area contributed by atoms with Gasteiger partial charge in [-0.05, 0) is 30.7 Å². The van der Waals surface area contributed by atoms with Gasteiger partial charge in [0.2, 0.25) is 0 Å². The van der Waals surface area contributed by atoms with Crippen LogP contribution in [0.15, 0.2) is 17.4 Å². The summed E-state index contributed by atoms with van der Waals surface area (Å²) in [5.41, 5.74) is 1.20. The smallest absolute Gasteiger partial charge is 0.193 e. The maximum absolute atomic E-state index is 4.42. The molecule has 5 nitrogen and oxygen atoms in total. The van der Waals surface area contributed by atoms with Crippen LogP contribution in [0.1, 0.15) is 25.8 Å². The summed E-state index contributed by atoms with van der Waals surface area (Å²) in [6.45, 7) is 10.6. The molecular weight excluding hydrogens is 377 g/mol. The van der Waals surface area contributed by atoms with Gasteiger partial charge in [0.15, 0.2) is 5.96 Å². The lowest BCUT2D eigenvalue weighted by Gasteiger charge is -2.37. The van der Waals surface area contributed by atoms with Crippen molar-refractivity contribution in [3.8, 4) is 0 Å². The van der Waals surface area contributed by atoms with Crippen molar-refractivity contribution < 1.29 is 0 Å². The maximum Gasteiger partial charge on any atom is 0.193 e. The van der Waals surface area contributed by atoms with E-state index in [4.69, 9.17) is 0 Å². The molecule has 1 aliphatic rings. The third-order valence-electron chi connectivity index (χ3n) is 3.77. The van der Waals surface area contributed by atoms with Gasteiger partial charge in [-0.15, -0.1) is 24.0 Å². The Morgan fingerprint density at radius 3 is 2.57 bits per heavy atom. The van der Waals surface area contributed by atoms with E-state index in [0.29, 0.717) is 0 Å². The number of likely N-dealkylation sites (tertiary alicyclic amines) is 1. The van der Waals surface area contributed by atoms with E-state index in [-0.39, 0.29) is 24.0 Å². The van der Waals surface area contributed by atoms with Gasteiger partial charge >= 0.3 is 0 Å². The summed E-state index contributed by atoms with van der Waals surface area (Å²) in [6, 6.07) is 0. The van der Waals surface area contributed by atoms with Crippen molar-refractivity contribution in [2.45, 2.75) is 33.7 Å². The highest BCUT2D eigenvalue weighted by Crippen LogP contribution is 2.20. The van der Waals surface area contributed by atoms with Gasteiger partial charge in [-0.3, -0.25) is 9.67 Å². The number of hydrogen-bond donors (Lipinski definition) is 1. The molecule has 1 aromatic rings. The lowest BCUT2D eigenvalue weighted by molar-refractivity contribution is 0.208. The van der Waals surface area contributed by atoms with E-state index in [1.165, 1.54) is 12.0 Å². The summed E-state index contributed by atoms with van der Waals surface area (Å²) >= 11 is 0. The van der Waals surface area contributed by atoms with Gasteiger partial charge in [0.05, 0.1) is 12.7 Å². The van der Waals surface area contributed by atoms with Crippen LogP contribution in [0.4, 0.5) is 0 Å². The molecule has 2 unspecified atom stereocenters. The second kappa shape index (κ2) is 8.60. The molecule has 21 heavy (non-hydrogen) atoms. The Hall–Kier alpha value is -0.790. The van der Waals surface area contributed by atoms with Gasteiger partial charge in [-0.2, -0.15) is 5.10 Å². The van der Waals surface area contributed by atoms with Crippen LogP contribution in [0.25, 0.3) is 0 Å². The van der Waals surface area contributed by atoms with Crippen LogP contribution in [0.2, 0.25) is 0 Å². The summed E-state index contributed by atoms with van der Waals surface area (Å²) in [4.78, 5) is 6.80. The van der Waals surface area contributed by atoms with Gasteiger partial charge in [0.1, 0.15) is 0 Å². The second-order valence-corrected chi connectivity index (χ2v) is 6.11. The number of hydrogen-bond acceptors (Lipinski definition) is 2. The van der Waals surface area contributed by atoms with E-state index in [9.17, 15) is 0 Å². The number of piperidine rings is 1. The molecule has 0 aliphatic carbocycles. The molecule has 1 N–H and O–H groups in total. The number of rotatable bonds is 3. The predicted molar refractivity (Wildman–Crippen MR) is 98.3 cm³/mol. The Bertz CT molecular complexity index is 447. The fraction of sp³-hybridized carbons (Fsp3) is 0.733. The Labute approximate surface area is 145 Å². The van der Waals surface area contributed by atoms with Crippen molar-refractivity contribution in [2.24, 2.45) is 16.8 Å². The Kier molecular flexibility index (Phi) is 7.48. The number of nitrogens with one attached hydrogen (secondary N) is 1. The zero-order chi connectivity index (χ0) is 14.5. The zero-order valence-corrected chi connectivity index (χ0v) is 15.9. The molecule has 1 fully saturated rings. The first-order chi connectivity index (χ1) is 9.58. The maximum atomic E-state index is 4.42. The van der Waals surface area contributed by atoms with Gasteiger partial charge in [-0.25, -0.2) is 0 Å². The molecule has 2 rings (SSSR count). The number of nitrogens with zero attached hydrogens (tertiary/aromatic N) is 4. The highest BCUT2D eigenvalue weighted by atomic mass is 127. The molecule has 6 heteroatoms. The fourth-order valence-corrected chi connectivity index (χ4v) is 3.04. The van der Waals surface area contributed by atoms with Crippen LogP contribution in [-0.2, 0) is 6.54 Å². The average molecular weight is 405 g/mol. The summed E-state index contributed by atoms with van der Waals surface area (Å²) in [7, 11) is 1.87. The van der Waals surface area contributed by atoms with Crippen molar-refractivity contribution in [1.82, 2.24) is 20.0 Å². The molecular formula is C15H28IN5. The molecule has 0 radical (unpaired) electrons. The lowest BCUT2D eigenvalue weighted by Crippen LogP contribution is -2.49. The lowest BCUT2D eigenvalue weighted by atomic mass is 9.92. The minimum absolute atomic E-state index is 0. The van der Waals surface area contributed by atoms with Gasteiger partial charge in [0.25, 0.3) is 0 Å². The first-order valence-corrected chi connectivity index (χ1v) is 7.53. The fourth-order valence-electron chi connectivity index (χ4n) is 3.04. The van der Waals surface area contributed by atoms with Gasteiger partial charge in [-0.1, -0.05) is 13.8 Å². The van der Waals surface area contributed by atoms with Crippen LogP contribution >= 0.6 is 24.0 Å². The number of aryl methyl sites for hydroxylation is 1. The molecule has 0 saturated carbocycles. The molecule has 1 saturated heterocycles. The minimum Gasteiger partial charge on any atom is -0.354 e. The molecule has 0 bridgehead atoms. The van der Waals surface area contributed by atoms with E-state index < -0.39 is 0 Å². The number of aliphatic imine (C=N–C) groups is 1. The zero-order valence-electron chi connectivity index (χ0n) is 13.5. The highest BCUT2D eigenvalue weighted by Gasteiger charge is 2.23. The SMILES string of the molecule is CN=C(NCCn1cc(C)cn1)N1CC(C)CC(C)C1.I. The molecule has 2 atom stereocenters. The summed E-state index contributed by atoms with van der Waals surface area (Å²) in [5, 5.41) is 7.75. The molecule has 120 valence electrons. The van der Waals surface area contributed by atoms with Crippen molar-refractivity contribution >= 4 is 29.9 Å². The van der Waals surface area contributed by atoms with E-state index in [0.717, 1.165) is 44.0 Å². The summed E-state index contributed by atoms with van der Waals surface area (Å²) in [5.74, 6) is 2.50. The van der Waals surface area contributed by atoms with E-state index >= 15 is 0 Å². The van der Waals surface area contributed by atoms with Crippen LogP contribution in [-0.4, -0.2) is 47.3 Å². The van der Waals surface area contributed by atoms with Gasteiger partial charge in [0, 0.05) is 32.9 Å². The average Bonchev–Trinajstić information content (AvgIpc) is 2.79. The molecule has 0 spiro atoms. The van der Waals surface area contributed by atoms with Crippen LogP contribution < -0.4 is 5.32 Å².